The molecule has 2 heterocycles. The molecule has 0 amide bonds. The monoisotopic (exact) mass is 463 g/mol. The zero-order valence-electron chi connectivity index (χ0n) is 16.5. The van der Waals surface area contributed by atoms with E-state index in [2.05, 4.69) is 9.72 Å². The molecule has 3 rings (SSSR count). The number of hydrogen-bond acceptors (Lipinski definition) is 7. The van der Waals surface area contributed by atoms with Crippen molar-refractivity contribution < 1.29 is 27.9 Å². The van der Waals surface area contributed by atoms with Gasteiger partial charge in [-0.15, -0.1) is 13.2 Å². The van der Waals surface area contributed by atoms with Crippen LogP contribution < -0.4 is 9.64 Å². The summed E-state index contributed by atoms with van der Waals surface area (Å²) in [6.07, 6.45) is -3.54. The zero-order chi connectivity index (χ0) is 22.8. The maximum atomic E-state index is 12.3. The largest absolute Gasteiger partial charge is 0.573 e. The van der Waals surface area contributed by atoms with Crippen LogP contribution >= 0.6 is 11.6 Å². The molecule has 1 N–H and O–H groups in total. The van der Waals surface area contributed by atoms with Crippen LogP contribution in [0.5, 0.6) is 5.75 Å². The van der Waals surface area contributed by atoms with E-state index in [4.69, 9.17) is 11.6 Å². The van der Waals surface area contributed by atoms with Gasteiger partial charge in [-0.05, 0) is 52.7 Å². The highest BCUT2D eigenvalue weighted by molar-refractivity contribution is 6.28. The Hall–Kier alpha value is -2.57. The smallest absolute Gasteiger partial charge is 0.406 e. The number of nitro groups is 1. The molecule has 0 aliphatic carbocycles. The number of benzene rings is 1. The van der Waals surface area contributed by atoms with Crippen molar-refractivity contribution in [3.05, 3.63) is 45.9 Å². The van der Waals surface area contributed by atoms with Crippen LogP contribution in [0.2, 0.25) is 5.28 Å². The van der Waals surface area contributed by atoms with Gasteiger partial charge in [0.25, 0.3) is 0 Å². The molecular formula is C18H21ClF3N5O4. The number of ether oxygens (including phenoxy) is 1. The van der Waals surface area contributed by atoms with E-state index in [1.54, 1.807) is 19.1 Å². The lowest BCUT2D eigenvalue weighted by molar-refractivity contribution is -0.389. The summed E-state index contributed by atoms with van der Waals surface area (Å²) < 4.78 is 42.0. The summed E-state index contributed by atoms with van der Waals surface area (Å²) in [6, 6.07) is 5.68. The van der Waals surface area contributed by atoms with Crippen LogP contribution in [0.3, 0.4) is 0 Å². The van der Waals surface area contributed by atoms with Crippen LogP contribution in [-0.2, 0) is 6.54 Å². The third-order valence-corrected chi connectivity index (χ3v) is 5.09. The number of hydrogen-bond donors (Lipinski definition) is 1. The van der Waals surface area contributed by atoms with E-state index in [1.165, 1.54) is 22.9 Å². The summed E-state index contributed by atoms with van der Waals surface area (Å²) in [5, 5.41) is 21.5. The first-order chi connectivity index (χ1) is 14.4. The van der Waals surface area contributed by atoms with Crippen molar-refractivity contribution in [2.24, 2.45) is 0 Å². The molecule has 1 aliphatic heterocycles. The molecule has 1 aromatic heterocycles. The highest BCUT2D eigenvalue weighted by Gasteiger charge is 2.32. The molecule has 1 atom stereocenters. The molecule has 31 heavy (non-hydrogen) atoms. The molecule has 0 radical (unpaired) electrons. The van der Waals surface area contributed by atoms with Gasteiger partial charge in [0.15, 0.2) is 0 Å². The highest BCUT2D eigenvalue weighted by Crippen LogP contribution is 2.26. The number of anilines is 1. The summed E-state index contributed by atoms with van der Waals surface area (Å²) in [4.78, 5) is 17.9. The minimum atomic E-state index is -4.73. The number of β-amino-alcohol motifs (C(OH)–C–C–N with tert-alkyl or cyclic N) is 1. The molecule has 170 valence electrons. The first-order valence-electron chi connectivity index (χ1n) is 9.34. The Morgan fingerprint density at radius 3 is 2.32 bits per heavy atom. The van der Waals surface area contributed by atoms with Gasteiger partial charge in [-0.25, -0.2) is 0 Å². The number of aliphatic hydroxyl groups is 1. The van der Waals surface area contributed by atoms with Crippen LogP contribution in [0.15, 0.2) is 30.5 Å². The number of rotatable bonds is 7. The molecule has 0 saturated carbocycles. The van der Waals surface area contributed by atoms with Gasteiger partial charge in [0.2, 0.25) is 0 Å². The first-order valence-corrected chi connectivity index (χ1v) is 9.72. The first kappa shape index (κ1) is 23.1. The number of aromatic nitrogens is 2. The summed E-state index contributed by atoms with van der Waals surface area (Å²) in [5.41, 5.74) is -0.435. The van der Waals surface area contributed by atoms with E-state index < -0.39 is 16.9 Å². The fraction of sp³-hybridized carbons (Fsp3) is 0.500. The molecule has 1 aromatic carbocycles. The van der Waals surface area contributed by atoms with E-state index >= 15 is 0 Å². The van der Waals surface area contributed by atoms with E-state index in [9.17, 15) is 28.4 Å². The van der Waals surface area contributed by atoms with Gasteiger partial charge in [0, 0.05) is 38.4 Å². The van der Waals surface area contributed by atoms with Crippen molar-refractivity contribution in [3.63, 3.8) is 0 Å². The quantitative estimate of drug-likeness (QED) is 0.498. The second-order valence-corrected chi connectivity index (χ2v) is 7.89. The van der Waals surface area contributed by atoms with Gasteiger partial charge in [0.1, 0.15) is 11.9 Å². The fourth-order valence-electron chi connectivity index (χ4n) is 3.50. The topological polar surface area (TPSA) is 96.9 Å². The zero-order valence-corrected chi connectivity index (χ0v) is 17.3. The molecule has 1 fully saturated rings. The molecule has 0 spiro atoms. The molecule has 13 heteroatoms. The van der Waals surface area contributed by atoms with Gasteiger partial charge in [-0.1, -0.05) is 0 Å². The van der Waals surface area contributed by atoms with Crippen molar-refractivity contribution in [2.75, 3.05) is 37.6 Å². The minimum absolute atomic E-state index is 0.0353. The van der Waals surface area contributed by atoms with Crippen LogP contribution in [0.1, 0.15) is 6.92 Å². The number of halogens is 4. The Balaban J connectivity index is 1.53. The summed E-state index contributed by atoms with van der Waals surface area (Å²) >= 11 is 5.92. The lowest BCUT2D eigenvalue weighted by Gasteiger charge is -2.39. The Morgan fingerprint density at radius 1 is 1.19 bits per heavy atom. The number of nitrogens with zero attached hydrogens (tertiary/aromatic N) is 5. The predicted octanol–water partition coefficient (Wildman–Crippen LogP) is 2.92. The second-order valence-electron chi connectivity index (χ2n) is 7.55. The molecular weight excluding hydrogens is 443 g/mol. The SMILES string of the molecule is CC(O)(CN1CCN(c2ccc(OC(F)(F)F)cc2)CC1)Cn1cc([N+](=O)[O-])nc1Cl. The van der Waals surface area contributed by atoms with Crippen molar-refractivity contribution in [1.29, 1.82) is 0 Å². The van der Waals surface area contributed by atoms with Crippen LogP contribution in [0.25, 0.3) is 0 Å². The van der Waals surface area contributed by atoms with Gasteiger partial charge in [-0.2, -0.15) is 0 Å². The van der Waals surface area contributed by atoms with E-state index in [0.29, 0.717) is 32.7 Å². The molecule has 1 saturated heterocycles. The summed E-state index contributed by atoms with van der Waals surface area (Å²) in [5.74, 6) is -0.662. The molecule has 2 aromatic rings. The van der Waals surface area contributed by atoms with Crippen molar-refractivity contribution in [3.8, 4) is 5.75 Å². The summed E-state index contributed by atoms with van der Waals surface area (Å²) in [6.45, 7) is 4.43. The van der Waals surface area contributed by atoms with Crippen molar-refractivity contribution in [1.82, 2.24) is 14.5 Å². The van der Waals surface area contributed by atoms with Crippen LogP contribution in [0, 0.1) is 10.1 Å². The van der Waals surface area contributed by atoms with Crippen molar-refractivity contribution in [2.45, 2.75) is 25.4 Å². The molecule has 1 unspecified atom stereocenters. The lowest BCUT2D eigenvalue weighted by Crippen LogP contribution is -2.52. The van der Waals surface area contributed by atoms with Gasteiger partial charge in [0.05, 0.1) is 12.1 Å². The van der Waals surface area contributed by atoms with E-state index in [0.717, 1.165) is 5.69 Å². The minimum Gasteiger partial charge on any atom is -0.406 e. The van der Waals surface area contributed by atoms with E-state index in [-0.39, 0.29) is 23.4 Å². The Bertz CT molecular complexity index is 912. The molecule has 1 aliphatic rings. The average Bonchev–Trinajstić information content (AvgIpc) is 3.02. The average molecular weight is 464 g/mol. The fourth-order valence-corrected chi connectivity index (χ4v) is 3.70. The normalized spacial score (nSPS) is 17.4. The Labute approximate surface area is 180 Å². The molecule has 9 nitrogen and oxygen atoms in total. The maximum absolute atomic E-state index is 12.3. The number of alkyl halides is 3. The predicted molar refractivity (Wildman–Crippen MR) is 106 cm³/mol. The highest BCUT2D eigenvalue weighted by atomic mass is 35.5. The summed E-state index contributed by atoms with van der Waals surface area (Å²) in [7, 11) is 0. The second kappa shape index (κ2) is 8.89. The van der Waals surface area contributed by atoms with E-state index in [1.807, 2.05) is 9.80 Å². The van der Waals surface area contributed by atoms with Crippen LogP contribution in [0.4, 0.5) is 24.7 Å². The van der Waals surface area contributed by atoms with Crippen molar-refractivity contribution >= 4 is 23.1 Å². The van der Waals surface area contributed by atoms with Gasteiger partial charge in [-0.3, -0.25) is 9.47 Å². The number of piperazine rings is 1. The third-order valence-electron chi connectivity index (χ3n) is 4.79. The standard InChI is InChI=1S/C18H21ClF3N5O4/c1-17(28,12-26-10-15(27(29)30)23-16(26)19)11-24-6-8-25(9-7-24)13-2-4-14(5-3-13)31-18(20,21)22/h2-5,10,28H,6-9,11-12H2,1H3. The van der Waals surface area contributed by atoms with Gasteiger partial charge < -0.3 is 24.9 Å². The number of imidazole rings is 1. The Kier molecular flexibility index (Phi) is 6.62. The Morgan fingerprint density at radius 2 is 1.81 bits per heavy atom. The maximum Gasteiger partial charge on any atom is 0.573 e. The van der Waals surface area contributed by atoms with Crippen LogP contribution in [-0.4, -0.2) is 69.2 Å². The van der Waals surface area contributed by atoms with Gasteiger partial charge >= 0.3 is 17.5 Å². The molecule has 0 bridgehead atoms. The third kappa shape index (κ3) is 6.45. The lowest BCUT2D eigenvalue weighted by atomic mass is 10.1.